The van der Waals surface area contributed by atoms with Crippen LogP contribution in [0.1, 0.15) is 0 Å². The van der Waals surface area contributed by atoms with Crippen molar-refractivity contribution in [3.8, 4) is 0 Å². The van der Waals surface area contributed by atoms with E-state index in [1.54, 1.807) is 0 Å². The van der Waals surface area contributed by atoms with E-state index in [-0.39, 0.29) is 0 Å². The van der Waals surface area contributed by atoms with E-state index in [2.05, 4.69) is 127 Å². The lowest BCUT2D eigenvalue weighted by Crippen LogP contribution is -1.98. The minimum Gasteiger partial charge on any atom is -0.245 e. The Balaban J connectivity index is 2.45. The average Bonchev–Trinajstić information content (AvgIpc) is 2.27. The molecule has 2 rings (SSSR count). The zero-order chi connectivity index (χ0) is 12.4. The predicted molar refractivity (Wildman–Crippen MR) is 105 cm³/mol. The number of benzene rings is 2. The quantitative estimate of drug-likeness (QED) is 0.366. The van der Waals surface area contributed by atoms with Crippen LogP contribution in [-0.2, 0) is 0 Å². The van der Waals surface area contributed by atoms with Crippen LogP contribution < -0.4 is 5.32 Å². The third-order valence-corrected chi connectivity index (χ3v) is 5.58. The molecule has 0 saturated carbocycles. The normalized spacial score (nSPS) is 10.4. The van der Waals surface area contributed by atoms with Gasteiger partial charge in [-0.2, -0.15) is 0 Å². The summed E-state index contributed by atoms with van der Waals surface area (Å²) in [5.74, 6) is 0. The molecule has 5 heteroatoms. The summed E-state index contributed by atoms with van der Waals surface area (Å²) in [6.45, 7) is 0. The highest BCUT2D eigenvalue weighted by molar-refractivity contribution is 14.1. The Hall–Kier alpha value is 1.16. The maximum absolute atomic E-state index is 4.81. The van der Waals surface area contributed by atoms with Crippen LogP contribution in [-0.4, -0.2) is 0 Å². The number of halogens is 4. The molecule has 0 spiro atoms. The molecule has 0 fully saturated rings. The molecule has 2 aromatic carbocycles. The first-order valence-corrected chi connectivity index (χ1v) is 9.01. The second kappa shape index (κ2) is 6.55. The summed E-state index contributed by atoms with van der Waals surface area (Å²) >= 11 is 9.33. The molecule has 0 N–H and O–H groups in total. The van der Waals surface area contributed by atoms with Gasteiger partial charge in [0, 0.05) is 14.3 Å². The molecule has 0 unspecified atom stereocenters. The third kappa shape index (κ3) is 3.59. The maximum atomic E-state index is 4.81. The summed E-state index contributed by atoms with van der Waals surface area (Å²) in [5, 5.41) is 4.81. The molecule has 0 bridgehead atoms. The lowest BCUT2D eigenvalue weighted by Gasteiger charge is -2.10. The van der Waals surface area contributed by atoms with E-state index in [1.165, 1.54) is 14.3 Å². The summed E-state index contributed by atoms with van der Waals surface area (Å²) in [6, 6.07) is 12.5. The highest BCUT2D eigenvalue weighted by atomic mass is 127. The minimum absolute atomic E-state index is 1.07. The first-order chi connectivity index (χ1) is 8.09. The van der Waals surface area contributed by atoms with E-state index in [0.29, 0.717) is 0 Å². The van der Waals surface area contributed by atoms with Crippen LogP contribution in [0.15, 0.2) is 36.4 Å². The highest BCUT2D eigenvalue weighted by Crippen LogP contribution is 2.32. The van der Waals surface area contributed by atoms with Gasteiger partial charge in [-0.05, 0) is 115 Å². The molecule has 1 nitrogen and oxygen atoms in total. The van der Waals surface area contributed by atoms with Gasteiger partial charge in [-0.3, -0.25) is 0 Å². The zero-order valence-electron chi connectivity index (χ0n) is 8.42. The maximum Gasteiger partial charge on any atom is 0.0904 e. The van der Waals surface area contributed by atoms with Crippen molar-refractivity contribution in [1.29, 1.82) is 0 Å². The fourth-order valence-electron chi connectivity index (χ4n) is 1.30. The van der Waals surface area contributed by atoms with Crippen molar-refractivity contribution in [3.05, 3.63) is 50.7 Å². The highest BCUT2D eigenvalue weighted by Gasteiger charge is 2.11. The molecule has 87 valence electrons. The minimum atomic E-state index is 1.07. The van der Waals surface area contributed by atoms with Gasteiger partial charge in [0.1, 0.15) is 0 Å². The van der Waals surface area contributed by atoms with Crippen molar-refractivity contribution in [1.82, 2.24) is 5.32 Å². The van der Waals surface area contributed by atoms with Gasteiger partial charge in [-0.25, -0.2) is 5.32 Å². The lowest BCUT2D eigenvalue weighted by molar-refractivity contribution is 1.14. The number of rotatable bonds is 2. The van der Waals surface area contributed by atoms with Crippen LogP contribution in [0.2, 0.25) is 0 Å². The second-order valence-electron chi connectivity index (χ2n) is 3.25. The van der Waals surface area contributed by atoms with Gasteiger partial charge in [0.25, 0.3) is 0 Å². The summed E-state index contributed by atoms with van der Waals surface area (Å²) < 4.78 is 4.74. The first kappa shape index (κ1) is 14.6. The molecule has 0 aliphatic carbocycles. The first-order valence-electron chi connectivity index (χ1n) is 4.69. The molecular formula is C12H6I4N. The molecule has 0 saturated heterocycles. The summed E-state index contributed by atoms with van der Waals surface area (Å²) in [7, 11) is 0. The molecule has 2 aromatic rings. The monoisotopic (exact) mass is 672 g/mol. The van der Waals surface area contributed by atoms with Gasteiger partial charge >= 0.3 is 0 Å². The van der Waals surface area contributed by atoms with Gasteiger partial charge in [0.15, 0.2) is 0 Å². The summed E-state index contributed by atoms with van der Waals surface area (Å²) in [6.07, 6.45) is 0. The van der Waals surface area contributed by atoms with Crippen LogP contribution in [0.3, 0.4) is 0 Å². The molecule has 0 heterocycles. The van der Waals surface area contributed by atoms with Gasteiger partial charge in [-0.1, -0.05) is 12.1 Å². The van der Waals surface area contributed by atoms with Crippen LogP contribution in [0.4, 0.5) is 11.4 Å². The van der Waals surface area contributed by atoms with Crippen molar-refractivity contribution in [2.75, 3.05) is 0 Å². The van der Waals surface area contributed by atoms with E-state index in [1.807, 2.05) is 0 Å². The zero-order valence-corrected chi connectivity index (χ0v) is 17.1. The molecule has 17 heavy (non-hydrogen) atoms. The molecule has 0 aliphatic rings. The van der Waals surface area contributed by atoms with Crippen molar-refractivity contribution in [3.63, 3.8) is 0 Å². The second-order valence-corrected chi connectivity index (χ2v) is 7.90. The molecule has 1 radical (unpaired) electrons. The Morgan fingerprint density at radius 1 is 0.588 bits per heavy atom. The lowest BCUT2D eigenvalue weighted by atomic mass is 10.3. The van der Waals surface area contributed by atoms with Gasteiger partial charge in [0.2, 0.25) is 0 Å². The Kier molecular flexibility index (Phi) is 5.61. The predicted octanol–water partition coefficient (Wildman–Crippen LogP) is 5.67. The SMILES string of the molecule is Ic1cccc(I)c1[N]c1c(I)cccc1I. The number of hydrogen-bond acceptors (Lipinski definition) is 0. The van der Waals surface area contributed by atoms with E-state index in [9.17, 15) is 0 Å². The number of para-hydroxylation sites is 2. The van der Waals surface area contributed by atoms with Crippen LogP contribution >= 0.6 is 90.4 Å². The number of nitrogens with zero attached hydrogens (tertiary/aromatic N) is 1. The largest absolute Gasteiger partial charge is 0.245 e. The molecule has 0 aliphatic heterocycles. The topological polar surface area (TPSA) is 14.1 Å². The number of hydrogen-bond donors (Lipinski definition) is 0. The van der Waals surface area contributed by atoms with E-state index in [4.69, 9.17) is 5.32 Å². The van der Waals surface area contributed by atoms with Gasteiger partial charge in [-0.15, -0.1) is 0 Å². The fourth-order valence-corrected chi connectivity index (χ4v) is 4.81. The van der Waals surface area contributed by atoms with Gasteiger partial charge < -0.3 is 0 Å². The Labute approximate surface area is 155 Å². The molecular weight excluding hydrogens is 666 g/mol. The van der Waals surface area contributed by atoms with Gasteiger partial charge in [0.05, 0.1) is 11.4 Å². The Bertz CT molecular complexity index is 464. The van der Waals surface area contributed by atoms with Crippen molar-refractivity contribution < 1.29 is 0 Å². The summed E-state index contributed by atoms with van der Waals surface area (Å²) in [4.78, 5) is 0. The van der Waals surface area contributed by atoms with Crippen LogP contribution in [0.5, 0.6) is 0 Å². The van der Waals surface area contributed by atoms with Crippen molar-refractivity contribution >= 4 is 102 Å². The average molecular weight is 672 g/mol. The Morgan fingerprint density at radius 3 is 1.18 bits per heavy atom. The molecule has 0 atom stereocenters. The van der Waals surface area contributed by atoms with Crippen molar-refractivity contribution in [2.45, 2.75) is 0 Å². The van der Waals surface area contributed by atoms with Crippen molar-refractivity contribution in [2.24, 2.45) is 0 Å². The third-order valence-electron chi connectivity index (χ3n) is 2.10. The van der Waals surface area contributed by atoms with Crippen LogP contribution in [0, 0.1) is 14.3 Å². The smallest absolute Gasteiger partial charge is 0.0904 e. The standard InChI is InChI=1S/C12H6I4N/c13-7-3-1-4-8(14)11(7)17-12-9(15)5-2-6-10(12)16/h1-6H. The fraction of sp³-hybridized carbons (Fsp3) is 0. The molecule has 0 amide bonds. The summed E-state index contributed by atoms with van der Waals surface area (Å²) in [5.41, 5.74) is 2.13. The van der Waals surface area contributed by atoms with E-state index in [0.717, 1.165) is 11.4 Å². The molecule has 0 aromatic heterocycles. The van der Waals surface area contributed by atoms with E-state index >= 15 is 0 Å². The van der Waals surface area contributed by atoms with E-state index < -0.39 is 0 Å². The van der Waals surface area contributed by atoms with Crippen LogP contribution in [0.25, 0.3) is 0 Å². The Morgan fingerprint density at radius 2 is 0.882 bits per heavy atom.